The number of aliphatic hydroxyl groups is 1. The van der Waals surface area contributed by atoms with Gasteiger partial charge in [-0.3, -0.25) is 0 Å². The third-order valence-corrected chi connectivity index (χ3v) is 3.62. The highest BCUT2D eigenvalue weighted by Crippen LogP contribution is 2.31. The van der Waals surface area contributed by atoms with Crippen LogP contribution in [0.3, 0.4) is 0 Å². The van der Waals surface area contributed by atoms with Crippen molar-refractivity contribution in [3.8, 4) is 0 Å². The molecular weight excluding hydrogens is 268 g/mol. The molecule has 1 aromatic rings. The number of anilines is 2. The van der Waals surface area contributed by atoms with Crippen molar-refractivity contribution in [1.29, 1.82) is 0 Å². The largest absolute Gasteiger partial charge is 0.394 e. The van der Waals surface area contributed by atoms with E-state index in [0.29, 0.717) is 19.1 Å². The van der Waals surface area contributed by atoms with Gasteiger partial charge in [-0.15, -0.1) is 0 Å². The summed E-state index contributed by atoms with van der Waals surface area (Å²) in [6.07, 6.45) is 2.53. The van der Waals surface area contributed by atoms with E-state index in [-0.39, 0.29) is 12.7 Å². The number of nitrogens with zero attached hydrogens (tertiary/aromatic N) is 3. The standard InChI is InChI=1S/C15H26N4O2/c1-4-5-16-14-13(11(2)3)15(18-10-17-14)19-6-7-21-12(8-19)9-20/h10-12,20H,4-9H2,1-3H3,(H,16,17,18). The molecule has 0 spiro atoms. The van der Waals surface area contributed by atoms with Crippen molar-refractivity contribution in [3.05, 3.63) is 11.9 Å². The topological polar surface area (TPSA) is 70.5 Å². The minimum absolute atomic E-state index is 0.0412. The van der Waals surface area contributed by atoms with E-state index in [4.69, 9.17) is 4.74 Å². The summed E-state index contributed by atoms with van der Waals surface area (Å²) in [6.45, 7) is 9.47. The molecule has 1 saturated heterocycles. The fourth-order valence-corrected chi connectivity index (χ4v) is 2.58. The van der Waals surface area contributed by atoms with Crippen molar-refractivity contribution in [2.45, 2.75) is 39.2 Å². The molecule has 0 radical (unpaired) electrons. The summed E-state index contributed by atoms with van der Waals surface area (Å²) in [6, 6.07) is 0. The van der Waals surface area contributed by atoms with Gasteiger partial charge in [-0.1, -0.05) is 20.8 Å². The maximum absolute atomic E-state index is 9.31. The van der Waals surface area contributed by atoms with Crippen LogP contribution in [0.1, 0.15) is 38.7 Å². The molecule has 6 nitrogen and oxygen atoms in total. The molecule has 1 fully saturated rings. The molecule has 0 bridgehead atoms. The van der Waals surface area contributed by atoms with E-state index in [1.165, 1.54) is 0 Å². The minimum atomic E-state index is -0.138. The third kappa shape index (κ3) is 3.83. The lowest BCUT2D eigenvalue weighted by atomic mass is 10.0. The Morgan fingerprint density at radius 1 is 1.48 bits per heavy atom. The summed E-state index contributed by atoms with van der Waals surface area (Å²) >= 11 is 0. The SMILES string of the molecule is CCCNc1ncnc(N2CCOC(CO)C2)c1C(C)C. The highest BCUT2D eigenvalue weighted by molar-refractivity contribution is 5.60. The monoisotopic (exact) mass is 294 g/mol. The molecule has 2 N–H and O–H groups in total. The third-order valence-electron chi connectivity index (χ3n) is 3.62. The zero-order chi connectivity index (χ0) is 15.2. The summed E-state index contributed by atoms with van der Waals surface area (Å²) in [5.74, 6) is 2.21. The van der Waals surface area contributed by atoms with Gasteiger partial charge < -0.3 is 20.1 Å². The number of nitrogens with one attached hydrogen (secondary N) is 1. The van der Waals surface area contributed by atoms with Crippen molar-refractivity contribution in [2.75, 3.05) is 43.1 Å². The first kappa shape index (κ1) is 16.0. The highest BCUT2D eigenvalue weighted by Gasteiger charge is 2.25. The van der Waals surface area contributed by atoms with Gasteiger partial charge in [0.25, 0.3) is 0 Å². The van der Waals surface area contributed by atoms with Gasteiger partial charge in [0, 0.05) is 25.2 Å². The molecule has 2 rings (SSSR count). The van der Waals surface area contributed by atoms with Crippen LogP contribution >= 0.6 is 0 Å². The van der Waals surface area contributed by atoms with Crippen LogP contribution in [0, 0.1) is 0 Å². The Hall–Kier alpha value is -1.40. The first-order valence-electron chi connectivity index (χ1n) is 7.73. The first-order valence-corrected chi connectivity index (χ1v) is 7.73. The van der Waals surface area contributed by atoms with Crippen molar-refractivity contribution >= 4 is 11.6 Å². The molecule has 1 aromatic heterocycles. The van der Waals surface area contributed by atoms with E-state index in [0.717, 1.165) is 36.7 Å². The summed E-state index contributed by atoms with van der Waals surface area (Å²) in [4.78, 5) is 11.1. The van der Waals surface area contributed by atoms with Crippen molar-refractivity contribution < 1.29 is 9.84 Å². The molecular formula is C15H26N4O2. The molecule has 1 aliphatic rings. The molecule has 21 heavy (non-hydrogen) atoms. The lowest BCUT2D eigenvalue weighted by Gasteiger charge is -2.34. The van der Waals surface area contributed by atoms with Gasteiger partial charge in [0.15, 0.2) is 0 Å². The van der Waals surface area contributed by atoms with Gasteiger partial charge in [-0.2, -0.15) is 0 Å². The highest BCUT2D eigenvalue weighted by atomic mass is 16.5. The Morgan fingerprint density at radius 3 is 2.95 bits per heavy atom. The average molecular weight is 294 g/mol. The summed E-state index contributed by atoms with van der Waals surface area (Å²) < 4.78 is 5.52. The molecule has 2 heterocycles. The van der Waals surface area contributed by atoms with Crippen LogP contribution in [-0.4, -0.2) is 54.0 Å². The van der Waals surface area contributed by atoms with Crippen LogP contribution in [-0.2, 0) is 4.74 Å². The van der Waals surface area contributed by atoms with Crippen LogP contribution in [0.25, 0.3) is 0 Å². The van der Waals surface area contributed by atoms with Crippen LogP contribution in [0.15, 0.2) is 6.33 Å². The predicted octanol–water partition coefficient (Wildman–Crippen LogP) is 1.62. The molecule has 0 amide bonds. The van der Waals surface area contributed by atoms with Crippen molar-refractivity contribution in [3.63, 3.8) is 0 Å². The zero-order valence-corrected chi connectivity index (χ0v) is 13.2. The molecule has 0 aromatic carbocycles. The maximum atomic E-state index is 9.31. The summed E-state index contributed by atoms with van der Waals surface area (Å²) in [7, 11) is 0. The van der Waals surface area contributed by atoms with E-state index in [1.54, 1.807) is 6.33 Å². The predicted molar refractivity (Wildman–Crippen MR) is 83.9 cm³/mol. The Bertz CT molecular complexity index is 453. The number of aromatic nitrogens is 2. The smallest absolute Gasteiger partial charge is 0.137 e. The quantitative estimate of drug-likeness (QED) is 0.831. The molecule has 0 aliphatic carbocycles. The fourth-order valence-electron chi connectivity index (χ4n) is 2.58. The second-order valence-electron chi connectivity index (χ2n) is 5.66. The number of hydrogen-bond acceptors (Lipinski definition) is 6. The lowest BCUT2D eigenvalue weighted by Crippen LogP contribution is -2.45. The normalized spacial score (nSPS) is 19.1. The number of hydrogen-bond donors (Lipinski definition) is 2. The Balaban J connectivity index is 2.29. The van der Waals surface area contributed by atoms with E-state index in [1.807, 2.05) is 0 Å². The van der Waals surface area contributed by atoms with Crippen molar-refractivity contribution in [1.82, 2.24) is 9.97 Å². The second-order valence-corrected chi connectivity index (χ2v) is 5.66. The van der Waals surface area contributed by atoms with Gasteiger partial charge in [0.05, 0.1) is 19.3 Å². The van der Waals surface area contributed by atoms with Gasteiger partial charge >= 0.3 is 0 Å². The van der Waals surface area contributed by atoms with Gasteiger partial charge in [0.2, 0.25) is 0 Å². The van der Waals surface area contributed by atoms with E-state index < -0.39 is 0 Å². The van der Waals surface area contributed by atoms with Gasteiger partial charge in [-0.25, -0.2) is 9.97 Å². The lowest BCUT2D eigenvalue weighted by molar-refractivity contribution is 0.00330. The number of aliphatic hydroxyl groups excluding tert-OH is 1. The zero-order valence-electron chi connectivity index (χ0n) is 13.2. The molecule has 1 atom stereocenters. The van der Waals surface area contributed by atoms with Crippen molar-refractivity contribution in [2.24, 2.45) is 0 Å². The van der Waals surface area contributed by atoms with E-state index >= 15 is 0 Å². The van der Waals surface area contributed by atoms with E-state index in [2.05, 4.69) is 41.0 Å². The van der Waals surface area contributed by atoms with Crippen LogP contribution in [0.5, 0.6) is 0 Å². The molecule has 1 aliphatic heterocycles. The molecule has 118 valence electrons. The van der Waals surface area contributed by atoms with Crippen LogP contribution < -0.4 is 10.2 Å². The Labute approximate surface area is 126 Å². The Morgan fingerprint density at radius 2 is 2.29 bits per heavy atom. The average Bonchev–Trinajstić information content (AvgIpc) is 2.52. The Kier molecular flexibility index (Phi) is 5.76. The number of rotatable bonds is 6. The molecule has 6 heteroatoms. The number of ether oxygens (including phenoxy) is 1. The van der Waals surface area contributed by atoms with Gasteiger partial charge in [-0.05, 0) is 12.3 Å². The number of morpholine rings is 1. The summed E-state index contributed by atoms with van der Waals surface area (Å²) in [5.41, 5.74) is 1.14. The minimum Gasteiger partial charge on any atom is -0.394 e. The van der Waals surface area contributed by atoms with Crippen LogP contribution in [0.4, 0.5) is 11.6 Å². The fraction of sp³-hybridized carbons (Fsp3) is 0.733. The molecule has 0 saturated carbocycles. The first-order chi connectivity index (χ1) is 10.2. The van der Waals surface area contributed by atoms with Crippen LogP contribution in [0.2, 0.25) is 0 Å². The summed E-state index contributed by atoms with van der Waals surface area (Å²) in [5, 5.41) is 12.7. The van der Waals surface area contributed by atoms with Gasteiger partial charge in [0.1, 0.15) is 18.0 Å². The van der Waals surface area contributed by atoms with E-state index in [9.17, 15) is 5.11 Å². The second kappa shape index (κ2) is 7.56. The molecule has 1 unspecified atom stereocenters. The maximum Gasteiger partial charge on any atom is 0.137 e.